The molecule has 0 spiro atoms. The summed E-state index contributed by atoms with van der Waals surface area (Å²) in [5.41, 5.74) is 6.03. The first-order valence-electron chi connectivity index (χ1n) is 8.18. The smallest absolute Gasteiger partial charge is 0.0593 e. The number of hydrogen-bond donors (Lipinski definition) is 1. The summed E-state index contributed by atoms with van der Waals surface area (Å²) >= 11 is 0. The van der Waals surface area contributed by atoms with E-state index in [0.29, 0.717) is 6.04 Å². The fourth-order valence-electron chi connectivity index (χ4n) is 3.47. The van der Waals surface area contributed by atoms with Crippen LogP contribution in [-0.2, 0) is 4.74 Å². The Morgan fingerprint density at radius 2 is 2.05 bits per heavy atom. The minimum Gasteiger partial charge on any atom is -0.380 e. The lowest BCUT2D eigenvalue weighted by Gasteiger charge is -2.38. The minimum atomic E-state index is 0.548. The molecule has 3 atom stereocenters. The van der Waals surface area contributed by atoms with Crippen LogP contribution in [0.1, 0.15) is 45.4 Å². The Morgan fingerprint density at radius 1 is 1.26 bits per heavy atom. The Balaban J connectivity index is 1.68. The van der Waals surface area contributed by atoms with Crippen LogP contribution in [0.4, 0.5) is 0 Å². The van der Waals surface area contributed by atoms with E-state index in [4.69, 9.17) is 10.5 Å². The quantitative estimate of drug-likeness (QED) is 0.687. The van der Waals surface area contributed by atoms with Gasteiger partial charge in [0, 0.05) is 25.7 Å². The molecule has 19 heavy (non-hydrogen) atoms. The van der Waals surface area contributed by atoms with Crippen LogP contribution < -0.4 is 5.73 Å². The first kappa shape index (κ1) is 15.3. The number of rotatable bonds is 8. The van der Waals surface area contributed by atoms with Gasteiger partial charge in [0.15, 0.2) is 0 Å². The Hall–Kier alpha value is -0.120. The lowest BCUT2D eigenvalue weighted by atomic mass is 9.78. The van der Waals surface area contributed by atoms with Crippen LogP contribution in [0.3, 0.4) is 0 Å². The molecule has 112 valence electrons. The van der Waals surface area contributed by atoms with E-state index < -0.39 is 0 Å². The molecule has 0 aliphatic heterocycles. The molecule has 0 aromatic rings. The van der Waals surface area contributed by atoms with E-state index in [1.54, 1.807) is 0 Å². The van der Waals surface area contributed by atoms with Crippen molar-refractivity contribution < 1.29 is 4.74 Å². The van der Waals surface area contributed by atoms with E-state index in [2.05, 4.69) is 18.9 Å². The molecule has 3 nitrogen and oxygen atoms in total. The highest BCUT2D eigenvalue weighted by Gasteiger charge is 2.28. The summed E-state index contributed by atoms with van der Waals surface area (Å²) in [6, 6.07) is 0.548. The van der Waals surface area contributed by atoms with Crippen molar-refractivity contribution in [3.63, 3.8) is 0 Å². The highest BCUT2D eigenvalue weighted by Crippen LogP contribution is 2.32. The topological polar surface area (TPSA) is 38.5 Å². The van der Waals surface area contributed by atoms with Gasteiger partial charge in [0.05, 0.1) is 6.61 Å². The SMILES string of the molecule is CC1CCCC(C(CN)N(C)CCOCC2CC2)C1. The van der Waals surface area contributed by atoms with Crippen LogP contribution in [0.25, 0.3) is 0 Å². The molecule has 2 rings (SSSR count). The monoisotopic (exact) mass is 268 g/mol. The molecular formula is C16H32N2O. The first-order chi connectivity index (χ1) is 9.20. The molecule has 3 unspecified atom stereocenters. The second kappa shape index (κ2) is 7.61. The van der Waals surface area contributed by atoms with Crippen molar-refractivity contribution in [2.75, 3.05) is 33.4 Å². The Bertz CT molecular complexity index is 255. The average Bonchev–Trinajstić information content (AvgIpc) is 3.20. The summed E-state index contributed by atoms with van der Waals surface area (Å²) in [5.74, 6) is 2.55. The summed E-state index contributed by atoms with van der Waals surface area (Å²) in [4.78, 5) is 2.44. The second-order valence-corrected chi connectivity index (χ2v) is 6.83. The normalized spacial score (nSPS) is 29.7. The maximum Gasteiger partial charge on any atom is 0.0593 e. The molecule has 0 saturated heterocycles. The Labute approximate surface area is 118 Å². The Kier molecular flexibility index (Phi) is 6.11. The predicted octanol–water partition coefficient (Wildman–Crippen LogP) is 2.50. The largest absolute Gasteiger partial charge is 0.380 e. The van der Waals surface area contributed by atoms with Gasteiger partial charge < -0.3 is 10.5 Å². The number of likely N-dealkylation sites (N-methyl/N-ethyl adjacent to an activating group) is 1. The molecule has 0 aromatic heterocycles. The van der Waals surface area contributed by atoms with Gasteiger partial charge in [0.25, 0.3) is 0 Å². The minimum absolute atomic E-state index is 0.548. The maximum atomic E-state index is 6.03. The van der Waals surface area contributed by atoms with Crippen molar-refractivity contribution in [2.24, 2.45) is 23.5 Å². The van der Waals surface area contributed by atoms with Crippen molar-refractivity contribution in [3.05, 3.63) is 0 Å². The van der Waals surface area contributed by atoms with Gasteiger partial charge in [0.2, 0.25) is 0 Å². The molecule has 2 saturated carbocycles. The van der Waals surface area contributed by atoms with Crippen molar-refractivity contribution in [3.8, 4) is 0 Å². The summed E-state index contributed by atoms with van der Waals surface area (Å²) in [6.45, 7) is 6.04. The van der Waals surface area contributed by atoms with Crippen LogP contribution in [0, 0.1) is 17.8 Å². The molecule has 0 bridgehead atoms. The summed E-state index contributed by atoms with van der Waals surface area (Å²) < 4.78 is 5.75. The molecule has 2 aliphatic carbocycles. The molecule has 0 aromatic carbocycles. The van der Waals surface area contributed by atoms with E-state index in [-0.39, 0.29) is 0 Å². The Morgan fingerprint density at radius 3 is 2.68 bits per heavy atom. The van der Waals surface area contributed by atoms with E-state index in [1.165, 1.54) is 38.5 Å². The average molecular weight is 268 g/mol. The van der Waals surface area contributed by atoms with Gasteiger partial charge in [-0.1, -0.05) is 19.8 Å². The van der Waals surface area contributed by atoms with Crippen molar-refractivity contribution in [1.29, 1.82) is 0 Å². The third-order valence-corrected chi connectivity index (χ3v) is 4.97. The van der Waals surface area contributed by atoms with Gasteiger partial charge in [-0.05, 0) is 50.5 Å². The third-order valence-electron chi connectivity index (χ3n) is 4.97. The molecule has 3 heteroatoms. The van der Waals surface area contributed by atoms with Crippen molar-refractivity contribution in [2.45, 2.75) is 51.5 Å². The summed E-state index contributed by atoms with van der Waals surface area (Å²) in [6.07, 6.45) is 8.26. The third kappa shape index (κ3) is 5.05. The van der Waals surface area contributed by atoms with Gasteiger partial charge in [-0.3, -0.25) is 4.90 Å². The fraction of sp³-hybridized carbons (Fsp3) is 1.00. The van der Waals surface area contributed by atoms with Crippen LogP contribution in [0.15, 0.2) is 0 Å². The first-order valence-corrected chi connectivity index (χ1v) is 8.18. The van der Waals surface area contributed by atoms with E-state index in [9.17, 15) is 0 Å². The van der Waals surface area contributed by atoms with Crippen LogP contribution in [0.5, 0.6) is 0 Å². The highest BCUT2D eigenvalue weighted by molar-refractivity contribution is 4.83. The maximum absolute atomic E-state index is 6.03. The van der Waals surface area contributed by atoms with E-state index in [0.717, 1.165) is 44.1 Å². The van der Waals surface area contributed by atoms with Gasteiger partial charge in [-0.15, -0.1) is 0 Å². The molecule has 0 heterocycles. The van der Waals surface area contributed by atoms with E-state index >= 15 is 0 Å². The van der Waals surface area contributed by atoms with Gasteiger partial charge >= 0.3 is 0 Å². The fourth-order valence-corrected chi connectivity index (χ4v) is 3.47. The zero-order chi connectivity index (χ0) is 13.7. The number of ether oxygens (including phenoxy) is 1. The predicted molar refractivity (Wildman–Crippen MR) is 80.1 cm³/mol. The standard InChI is InChI=1S/C16H32N2O/c1-13-4-3-5-15(10-13)16(11-17)18(2)8-9-19-12-14-6-7-14/h13-16H,3-12,17H2,1-2H3. The van der Waals surface area contributed by atoms with Gasteiger partial charge in [-0.2, -0.15) is 0 Å². The molecule has 0 radical (unpaired) electrons. The lowest BCUT2D eigenvalue weighted by Crippen LogP contribution is -2.46. The molecular weight excluding hydrogens is 236 g/mol. The summed E-state index contributed by atoms with van der Waals surface area (Å²) in [5, 5.41) is 0. The highest BCUT2D eigenvalue weighted by atomic mass is 16.5. The zero-order valence-corrected chi connectivity index (χ0v) is 12.8. The number of hydrogen-bond acceptors (Lipinski definition) is 3. The van der Waals surface area contributed by atoms with Crippen LogP contribution in [-0.4, -0.2) is 44.3 Å². The van der Waals surface area contributed by atoms with E-state index in [1.807, 2.05) is 0 Å². The molecule has 2 aliphatic rings. The van der Waals surface area contributed by atoms with Crippen LogP contribution >= 0.6 is 0 Å². The second-order valence-electron chi connectivity index (χ2n) is 6.83. The van der Waals surface area contributed by atoms with Crippen molar-refractivity contribution >= 4 is 0 Å². The summed E-state index contributed by atoms with van der Waals surface area (Å²) in [7, 11) is 2.22. The van der Waals surface area contributed by atoms with Gasteiger partial charge in [-0.25, -0.2) is 0 Å². The van der Waals surface area contributed by atoms with Crippen LogP contribution in [0.2, 0.25) is 0 Å². The number of nitrogens with zero attached hydrogens (tertiary/aromatic N) is 1. The molecule has 0 amide bonds. The number of nitrogens with two attached hydrogens (primary N) is 1. The molecule has 2 N–H and O–H groups in total. The zero-order valence-electron chi connectivity index (χ0n) is 12.8. The van der Waals surface area contributed by atoms with Gasteiger partial charge in [0.1, 0.15) is 0 Å². The lowest BCUT2D eigenvalue weighted by molar-refractivity contribution is 0.0701. The molecule has 2 fully saturated rings. The van der Waals surface area contributed by atoms with Crippen molar-refractivity contribution in [1.82, 2.24) is 4.90 Å².